The number of aromatic nitrogens is 4. The molecule has 0 spiro atoms. The number of rotatable bonds is 10. The zero-order valence-corrected chi connectivity index (χ0v) is 14.5. The number of aromatic hydroxyl groups is 1. The van der Waals surface area contributed by atoms with Crippen LogP contribution in [-0.4, -0.2) is 49.3 Å². The molecule has 2 rings (SSSR count). The SMILES string of the molecule is Cl.NC(CCCCOB(O)O)c1nnnn1CCc1ccc(O)cc1. The molecule has 0 bridgehead atoms. The second-order valence-corrected chi connectivity index (χ2v) is 5.48. The summed E-state index contributed by atoms with van der Waals surface area (Å²) >= 11 is 0. The second-order valence-electron chi connectivity index (χ2n) is 5.48. The van der Waals surface area contributed by atoms with Gasteiger partial charge in [0.2, 0.25) is 0 Å². The summed E-state index contributed by atoms with van der Waals surface area (Å²) < 4.78 is 6.33. The van der Waals surface area contributed by atoms with Crippen LogP contribution in [0, 0.1) is 0 Å². The maximum atomic E-state index is 9.29. The molecule has 0 saturated heterocycles. The van der Waals surface area contributed by atoms with Gasteiger partial charge in [0.1, 0.15) is 5.75 Å². The maximum absolute atomic E-state index is 9.29. The lowest BCUT2D eigenvalue weighted by molar-refractivity contribution is 0.181. The molecule has 2 aromatic rings. The number of halogens is 1. The van der Waals surface area contributed by atoms with E-state index in [4.69, 9.17) is 15.8 Å². The lowest BCUT2D eigenvalue weighted by atomic mass is 10.1. The molecule has 1 aromatic carbocycles. The molecule has 0 aliphatic rings. The predicted molar refractivity (Wildman–Crippen MR) is 93.8 cm³/mol. The van der Waals surface area contributed by atoms with Crippen LogP contribution in [0.1, 0.15) is 36.7 Å². The Balaban J connectivity index is 0.00000312. The topological polar surface area (TPSA) is 140 Å². The van der Waals surface area contributed by atoms with Gasteiger partial charge in [-0.15, -0.1) is 17.5 Å². The van der Waals surface area contributed by atoms with Crippen LogP contribution in [0.4, 0.5) is 0 Å². The van der Waals surface area contributed by atoms with E-state index >= 15 is 0 Å². The largest absolute Gasteiger partial charge is 0.633 e. The average molecular weight is 372 g/mol. The minimum atomic E-state index is -1.73. The van der Waals surface area contributed by atoms with Crippen molar-refractivity contribution in [2.75, 3.05) is 6.61 Å². The van der Waals surface area contributed by atoms with Gasteiger partial charge >= 0.3 is 7.32 Å². The molecule has 1 heterocycles. The third-order valence-corrected chi connectivity index (χ3v) is 3.62. The second kappa shape index (κ2) is 11.0. The highest BCUT2D eigenvalue weighted by molar-refractivity contribution is 6.32. The van der Waals surface area contributed by atoms with E-state index in [2.05, 4.69) is 20.2 Å². The standard InChI is InChI=1S/C14H22BN5O4.ClH/c16-13(3-1-2-10-24-15(22)23)14-17-18-19-20(14)9-8-11-4-6-12(21)7-5-11;/h4-7,13,21-23H,1-3,8-10,16H2;1H. The van der Waals surface area contributed by atoms with E-state index in [1.807, 2.05) is 12.1 Å². The van der Waals surface area contributed by atoms with Crippen LogP contribution < -0.4 is 5.73 Å². The number of benzene rings is 1. The Bertz CT molecular complexity index is 614. The Morgan fingerprint density at radius 1 is 1.20 bits per heavy atom. The van der Waals surface area contributed by atoms with Crippen LogP contribution in [0.5, 0.6) is 5.75 Å². The molecule has 138 valence electrons. The molecule has 1 atom stereocenters. The molecule has 1 unspecified atom stereocenters. The number of nitrogens with two attached hydrogens (primary N) is 1. The first-order chi connectivity index (χ1) is 11.6. The fourth-order valence-corrected chi connectivity index (χ4v) is 2.32. The molecule has 11 heteroatoms. The molecule has 1 aromatic heterocycles. The van der Waals surface area contributed by atoms with Gasteiger partial charge in [-0.05, 0) is 53.8 Å². The fraction of sp³-hybridized carbons (Fsp3) is 0.500. The Morgan fingerprint density at radius 2 is 1.92 bits per heavy atom. The smallest absolute Gasteiger partial charge is 0.508 e. The summed E-state index contributed by atoms with van der Waals surface area (Å²) in [6.07, 6.45) is 2.83. The van der Waals surface area contributed by atoms with Crippen molar-refractivity contribution < 1.29 is 19.8 Å². The summed E-state index contributed by atoms with van der Waals surface area (Å²) in [5.41, 5.74) is 7.21. The third-order valence-electron chi connectivity index (χ3n) is 3.62. The number of phenolic OH excluding ortho intramolecular Hbond substituents is 1. The van der Waals surface area contributed by atoms with Crippen molar-refractivity contribution in [1.29, 1.82) is 0 Å². The van der Waals surface area contributed by atoms with Gasteiger partial charge in [-0.1, -0.05) is 12.1 Å². The zero-order valence-electron chi connectivity index (χ0n) is 13.7. The van der Waals surface area contributed by atoms with Crippen LogP contribution in [0.2, 0.25) is 0 Å². The highest BCUT2D eigenvalue weighted by Crippen LogP contribution is 2.15. The molecular formula is C14H23BClN5O4. The Morgan fingerprint density at radius 3 is 2.60 bits per heavy atom. The molecule has 25 heavy (non-hydrogen) atoms. The van der Waals surface area contributed by atoms with Crippen molar-refractivity contribution in [1.82, 2.24) is 20.2 Å². The van der Waals surface area contributed by atoms with Crippen LogP contribution in [0.15, 0.2) is 24.3 Å². The van der Waals surface area contributed by atoms with E-state index in [1.165, 1.54) is 0 Å². The van der Waals surface area contributed by atoms with Gasteiger partial charge in [0.05, 0.1) is 6.04 Å². The molecule has 0 fully saturated rings. The summed E-state index contributed by atoms with van der Waals surface area (Å²) in [6, 6.07) is 6.71. The van der Waals surface area contributed by atoms with Gasteiger partial charge in [0.15, 0.2) is 5.82 Å². The Labute approximate surface area is 152 Å². The van der Waals surface area contributed by atoms with E-state index in [9.17, 15) is 5.11 Å². The first-order valence-corrected chi connectivity index (χ1v) is 7.83. The van der Waals surface area contributed by atoms with Crippen molar-refractivity contribution in [3.05, 3.63) is 35.7 Å². The van der Waals surface area contributed by atoms with Crippen molar-refractivity contribution in [2.24, 2.45) is 5.73 Å². The highest BCUT2D eigenvalue weighted by Gasteiger charge is 2.15. The average Bonchev–Trinajstić information content (AvgIpc) is 3.02. The van der Waals surface area contributed by atoms with Crippen molar-refractivity contribution in [3.8, 4) is 5.75 Å². The van der Waals surface area contributed by atoms with Gasteiger partial charge in [-0.3, -0.25) is 0 Å². The Kier molecular flexibility index (Phi) is 9.39. The van der Waals surface area contributed by atoms with E-state index < -0.39 is 7.32 Å². The number of nitrogens with zero attached hydrogens (tertiary/aromatic N) is 4. The van der Waals surface area contributed by atoms with E-state index in [-0.39, 0.29) is 30.8 Å². The zero-order chi connectivity index (χ0) is 17.4. The number of unbranched alkanes of at least 4 members (excludes halogenated alkanes) is 1. The third kappa shape index (κ3) is 7.37. The number of hydrogen-bond donors (Lipinski definition) is 4. The Hall–Kier alpha value is -1.72. The lowest BCUT2D eigenvalue weighted by Gasteiger charge is -2.12. The maximum Gasteiger partial charge on any atom is 0.633 e. The minimum Gasteiger partial charge on any atom is -0.508 e. The molecule has 0 aliphatic carbocycles. The van der Waals surface area contributed by atoms with Crippen molar-refractivity contribution >= 4 is 19.7 Å². The van der Waals surface area contributed by atoms with Crippen LogP contribution in [0.3, 0.4) is 0 Å². The van der Waals surface area contributed by atoms with E-state index in [0.29, 0.717) is 25.2 Å². The molecule has 9 nitrogen and oxygen atoms in total. The van der Waals surface area contributed by atoms with E-state index in [1.54, 1.807) is 16.8 Å². The van der Waals surface area contributed by atoms with Crippen LogP contribution >= 0.6 is 12.4 Å². The number of tetrazole rings is 1. The summed E-state index contributed by atoms with van der Waals surface area (Å²) in [5.74, 6) is 0.860. The first-order valence-electron chi connectivity index (χ1n) is 7.83. The molecule has 0 aliphatic heterocycles. The molecule has 0 saturated carbocycles. The molecule has 5 N–H and O–H groups in total. The monoisotopic (exact) mass is 371 g/mol. The van der Waals surface area contributed by atoms with Crippen LogP contribution in [0.25, 0.3) is 0 Å². The fourth-order valence-electron chi connectivity index (χ4n) is 2.32. The van der Waals surface area contributed by atoms with Gasteiger partial charge in [-0.2, -0.15) is 0 Å². The van der Waals surface area contributed by atoms with Gasteiger partial charge in [-0.25, -0.2) is 4.68 Å². The van der Waals surface area contributed by atoms with Crippen molar-refractivity contribution in [2.45, 2.75) is 38.3 Å². The van der Waals surface area contributed by atoms with E-state index in [0.717, 1.165) is 18.4 Å². The number of aryl methyl sites for hydroxylation is 2. The van der Waals surface area contributed by atoms with Gasteiger partial charge < -0.3 is 25.5 Å². The van der Waals surface area contributed by atoms with Gasteiger partial charge in [0, 0.05) is 13.2 Å². The highest BCUT2D eigenvalue weighted by atomic mass is 35.5. The molecule has 0 radical (unpaired) electrons. The summed E-state index contributed by atoms with van der Waals surface area (Å²) in [6.45, 7) is 0.858. The summed E-state index contributed by atoms with van der Waals surface area (Å²) in [7, 11) is -1.73. The summed E-state index contributed by atoms with van der Waals surface area (Å²) in [4.78, 5) is 0. The predicted octanol–water partition coefficient (Wildman–Crippen LogP) is 0.199. The molecule has 0 amide bonds. The number of phenols is 1. The lowest BCUT2D eigenvalue weighted by Crippen LogP contribution is -2.19. The first kappa shape index (κ1) is 21.3. The minimum absolute atomic E-state index is 0. The quantitative estimate of drug-likeness (QED) is 0.343. The van der Waals surface area contributed by atoms with Gasteiger partial charge in [0.25, 0.3) is 0 Å². The normalized spacial score (nSPS) is 11.8. The number of hydrogen-bond acceptors (Lipinski definition) is 8. The van der Waals surface area contributed by atoms with Crippen LogP contribution in [-0.2, 0) is 17.6 Å². The summed E-state index contributed by atoms with van der Waals surface area (Å²) in [5, 5.41) is 38.1. The van der Waals surface area contributed by atoms with Crippen molar-refractivity contribution in [3.63, 3.8) is 0 Å². The molecular weight excluding hydrogens is 348 g/mol.